The first-order valence-corrected chi connectivity index (χ1v) is 14.6. The van der Waals surface area contributed by atoms with Crippen molar-refractivity contribution >= 4 is 50.1 Å². The summed E-state index contributed by atoms with van der Waals surface area (Å²) in [7, 11) is -2.29. The molecule has 1 saturated heterocycles. The average Bonchev–Trinajstić information content (AvgIpc) is 3.25. The fourth-order valence-electron chi connectivity index (χ4n) is 4.75. The van der Waals surface area contributed by atoms with E-state index in [1.165, 1.54) is 53.9 Å². The van der Waals surface area contributed by atoms with Crippen LogP contribution in [0.1, 0.15) is 64.3 Å². The van der Waals surface area contributed by atoms with Crippen LogP contribution in [0.15, 0.2) is 29.2 Å². The zero-order valence-corrected chi connectivity index (χ0v) is 23.1. The molecule has 3 N–H and O–H groups in total. The van der Waals surface area contributed by atoms with Crippen molar-refractivity contribution in [3.8, 4) is 0 Å². The zero-order valence-electron chi connectivity index (χ0n) is 21.5. The quantitative estimate of drug-likeness (QED) is 0.512. The van der Waals surface area contributed by atoms with Crippen LogP contribution in [0.4, 0.5) is 9.80 Å². The molecule has 2 aromatic rings. The predicted octanol–water partition coefficient (Wildman–Crippen LogP) is 2.54. The number of nitrogens with one attached hydrogen (secondary N) is 3. The monoisotopic (exact) mass is 561 g/mol. The standard InChI is InChI=1S/C25H31N5O6S2/c1-15-6-4-5-12-30(15)38(35,36)18-9-7-17(8-10-18)22(32)27-24-21(23(33)28-25(34)26-3)19-11-13-29(16(2)31)14-20(19)37-24/h7-10,15H,4-6,11-14H2,1-3H3,(H,27,32)(H2,26,28,33,34). The third kappa shape index (κ3) is 5.59. The molecule has 2 aliphatic heterocycles. The van der Waals surface area contributed by atoms with E-state index >= 15 is 0 Å². The number of benzene rings is 1. The molecule has 2 aliphatic rings. The highest BCUT2D eigenvalue weighted by atomic mass is 32.2. The molecule has 0 bridgehead atoms. The highest BCUT2D eigenvalue weighted by Crippen LogP contribution is 2.37. The Morgan fingerprint density at radius 2 is 1.74 bits per heavy atom. The lowest BCUT2D eigenvalue weighted by atomic mass is 10.0. The van der Waals surface area contributed by atoms with Crippen LogP contribution in [0.25, 0.3) is 0 Å². The fraction of sp³-hybridized carbons (Fsp3) is 0.440. The van der Waals surface area contributed by atoms with Crippen LogP contribution in [0.3, 0.4) is 0 Å². The van der Waals surface area contributed by atoms with Crippen molar-refractivity contribution < 1.29 is 27.6 Å². The number of anilines is 1. The lowest BCUT2D eigenvalue weighted by Crippen LogP contribution is -2.41. The predicted molar refractivity (Wildman–Crippen MR) is 143 cm³/mol. The van der Waals surface area contributed by atoms with Crippen molar-refractivity contribution in [2.75, 3.05) is 25.5 Å². The van der Waals surface area contributed by atoms with Gasteiger partial charge in [-0.15, -0.1) is 11.3 Å². The third-order valence-corrected chi connectivity index (χ3v) is 10.0. The van der Waals surface area contributed by atoms with Crippen molar-refractivity contribution in [2.24, 2.45) is 0 Å². The lowest BCUT2D eigenvalue weighted by Gasteiger charge is -2.32. The van der Waals surface area contributed by atoms with Crippen LogP contribution in [-0.4, -0.2) is 67.6 Å². The minimum atomic E-state index is -3.68. The summed E-state index contributed by atoms with van der Waals surface area (Å²) >= 11 is 1.17. The molecule has 3 heterocycles. The number of hydrogen-bond donors (Lipinski definition) is 3. The number of hydrogen-bond acceptors (Lipinski definition) is 7. The zero-order chi connectivity index (χ0) is 27.6. The topological polar surface area (TPSA) is 145 Å². The van der Waals surface area contributed by atoms with Crippen molar-refractivity contribution in [3.05, 3.63) is 45.8 Å². The number of carbonyl (C=O) groups excluding carboxylic acids is 4. The molecule has 5 amide bonds. The molecule has 1 aromatic carbocycles. The van der Waals surface area contributed by atoms with Crippen molar-refractivity contribution in [2.45, 2.75) is 57.0 Å². The highest BCUT2D eigenvalue weighted by molar-refractivity contribution is 7.89. The number of rotatable bonds is 5. The molecule has 0 radical (unpaired) electrons. The van der Waals surface area contributed by atoms with Crippen molar-refractivity contribution in [1.29, 1.82) is 0 Å². The first-order chi connectivity index (χ1) is 18.0. The lowest BCUT2D eigenvalue weighted by molar-refractivity contribution is -0.129. The number of fused-ring (bicyclic) bond motifs is 1. The fourth-order valence-corrected chi connectivity index (χ4v) is 7.70. The molecule has 4 rings (SSSR count). The Morgan fingerprint density at radius 1 is 1.03 bits per heavy atom. The van der Waals surface area contributed by atoms with Gasteiger partial charge in [0.1, 0.15) is 5.00 Å². The van der Waals surface area contributed by atoms with E-state index in [9.17, 15) is 27.6 Å². The summed E-state index contributed by atoms with van der Waals surface area (Å²) in [5.41, 5.74) is 1.08. The molecule has 1 aromatic heterocycles. The van der Waals surface area contributed by atoms with Crippen LogP contribution in [0.5, 0.6) is 0 Å². The number of thiophene rings is 1. The Labute approximate surface area is 225 Å². The summed E-state index contributed by atoms with van der Waals surface area (Å²) in [6, 6.07) is 4.93. The number of nitrogens with zero attached hydrogens (tertiary/aromatic N) is 2. The molecule has 0 aliphatic carbocycles. The van der Waals surface area contributed by atoms with Crippen LogP contribution < -0.4 is 16.0 Å². The van der Waals surface area contributed by atoms with Gasteiger partial charge < -0.3 is 15.5 Å². The number of imide groups is 1. The van der Waals surface area contributed by atoms with E-state index in [1.807, 2.05) is 6.92 Å². The summed E-state index contributed by atoms with van der Waals surface area (Å²) in [6.45, 7) is 4.55. The number of piperidine rings is 1. The first kappa shape index (κ1) is 27.7. The highest BCUT2D eigenvalue weighted by Gasteiger charge is 2.32. The van der Waals surface area contributed by atoms with Crippen LogP contribution in [0.2, 0.25) is 0 Å². The molecule has 1 atom stereocenters. The summed E-state index contributed by atoms with van der Waals surface area (Å²) in [4.78, 5) is 52.3. The number of urea groups is 1. The Hall–Kier alpha value is -3.29. The molecule has 13 heteroatoms. The average molecular weight is 562 g/mol. The molecule has 1 fully saturated rings. The smallest absolute Gasteiger partial charge is 0.321 e. The van der Waals surface area contributed by atoms with E-state index in [0.717, 1.165) is 24.1 Å². The summed E-state index contributed by atoms with van der Waals surface area (Å²) in [5.74, 6) is -1.29. The molecule has 1 unspecified atom stereocenters. The number of sulfonamides is 1. The molecular weight excluding hydrogens is 530 g/mol. The third-order valence-electron chi connectivity index (χ3n) is 6.88. The van der Waals surface area contributed by atoms with Gasteiger partial charge in [0.15, 0.2) is 0 Å². The summed E-state index contributed by atoms with van der Waals surface area (Å²) in [6.07, 6.45) is 3.02. The van der Waals surface area contributed by atoms with E-state index in [-0.39, 0.29) is 33.0 Å². The van der Waals surface area contributed by atoms with Crippen molar-refractivity contribution in [1.82, 2.24) is 19.8 Å². The van der Waals surface area contributed by atoms with Gasteiger partial charge in [0.25, 0.3) is 11.8 Å². The molecule has 0 spiro atoms. The molecule has 204 valence electrons. The van der Waals surface area contributed by atoms with E-state index in [2.05, 4.69) is 16.0 Å². The molecular formula is C25H31N5O6S2. The minimum absolute atomic E-state index is 0.0835. The van der Waals surface area contributed by atoms with E-state index in [4.69, 9.17) is 0 Å². The second kappa shape index (κ2) is 11.2. The maximum absolute atomic E-state index is 13.1. The van der Waals surface area contributed by atoms with E-state index in [0.29, 0.717) is 31.6 Å². The molecule has 11 nitrogen and oxygen atoms in total. The molecule has 38 heavy (non-hydrogen) atoms. The largest absolute Gasteiger partial charge is 0.341 e. The second-order valence-electron chi connectivity index (χ2n) is 9.37. The van der Waals surface area contributed by atoms with Gasteiger partial charge in [-0.1, -0.05) is 6.42 Å². The van der Waals surface area contributed by atoms with E-state index < -0.39 is 27.9 Å². The van der Waals surface area contributed by atoms with Gasteiger partial charge in [-0.05, 0) is 56.0 Å². The normalized spacial score (nSPS) is 17.9. The van der Waals surface area contributed by atoms with Crippen LogP contribution in [-0.2, 0) is 27.8 Å². The van der Waals surface area contributed by atoms with E-state index in [1.54, 1.807) is 4.90 Å². The Morgan fingerprint density at radius 3 is 2.37 bits per heavy atom. The SMILES string of the molecule is CNC(=O)NC(=O)c1c(NC(=O)c2ccc(S(=O)(=O)N3CCCCC3C)cc2)sc2c1CCN(C(C)=O)C2. The Kier molecular flexibility index (Phi) is 8.19. The van der Waals surface area contributed by atoms with Gasteiger partial charge in [-0.25, -0.2) is 13.2 Å². The summed E-state index contributed by atoms with van der Waals surface area (Å²) < 4.78 is 27.7. The van der Waals surface area contributed by atoms with Gasteiger partial charge >= 0.3 is 6.03 Å². The van der Waals surface area contributed by atoms with Gasteiger partial charge in [0.05, 0.1) is 17.0 Å². The maximum Gasteiger partial charge on any atom is 0.321 e. The Bertz CT molecular complexity index is 1370. The Balaban J connectivity index is 1.59. The van der Waals surface area contributed by atoms with Crippen LogP contribution >= 0.6 is 11.3 Å². The second-order valence-corrected chi connectivity index (χ2v) is 12.4. The summed E-state index contributed by atoms with van der Waals surface area (Å²) in [5, 5.41) is 7.58. The van der Waals surface area contributed by atoms with Crippen molar-refractivity contribution in [3.63, 3.8) is 0 Å². The number of amides is 5. The first-order valence-electron chi connectivity index (χ1n) is 12.4. The number of carbonyl (C=O) groups is 4. The van der Waals surface area contributed by atoms with Gasteiger partial charge in [-0.3, -0.25) is 19.7 Å². The minimum Gasteiger partial charge on any atom is -0.341 e. The van der Waals surface area contributed by atoms with Gasteiger partial charge in [-0.2, -0.15) is 4.31 Å². The van der Waals surface area contributed by atoms with Crippen LogP contribution in [0, 0.1) is 0 Å². The molecule has 0 saturated carbocycles. The van der Waals surface area contributed by atoms with Gasteiger partial charge in [0, 0.05) is 43.5 Å². The van der Waals surface area contributed by atoms with Gasteiger partial charge in [0.2, 0.25) is 15.9 Å². The maximum atomic E-state index is 13.1.